The van der Waals surface area contributed by atoms with E-state index < -0.39 is 0 Å². The van der Waals surface area contributed by atoms with Gasteiger partial charge in [-0.1, -0.05) is 30.3 Å². The summed E-state index contributed by atoms with van der Waals surface area (Å²) in [6.45, 7) is 1.29. The van der Waals surface area contributed by atoms with E-state index in [-0.39, 0.29) is 6.03 Å². The Morgan fingerprint density at radius 3 is 2.65 bits per heavy atom. The minimum atomic E-state index is -0.0300. The molecule has 1 N–H and O–H groups in total. The summed E-state index contributed by atoms with van der Waals surface area (Å²) in [7, 11) is 0. The largest absolute Gasteiger partial charge is 0.322 e. The van der Waals surface area contributed by atoms with Crippen LogP contribution in [0.15, 0.2) is 53.4 Å². The number of para-hydroxylation sites is 1. The van der Waals surface area contributed by atoms with Gasteiger partial charge < -0.3 is 10.2 Å². The number of nitrogens with zero attached hydrogens (tertiary/aromatic N) is 1. The first kappa shape index (κ1) is 13.1. The van der Waals surface area contributed by atoms with Crippen molar-refractivity contribution in [3.8, 4) is 0 Å². The molecule has 3 nitrogen and oxygen atoms in total. The number of anilines is 1. The second-order valence-electron chi connectivity index (χ2n) is 4.79. The van der Waals surface area contributed by atoms with Crippen molar-refractivity contribution in [1.82, 2.24) is 4.90 Å². The summed E-state index contributed by atoms with van der Waals surface area (Å²) in [6, 6.07) is 16.3. The van der Waals surface area contributed by atoms with Gasteiger partial charge in [0, 0.05) is 23.7 Å². The number of urea groups is 1. The summed E-state index contributed by atoms with van der Waals surface area (Å²) in [4.78, 5) is 15.2. The number of carbonyl (C=O) groups is 1. The molecule has 3 rings (SSSR count). The molecule has 0 aliphatic carbocycles. The van der Waals surface area contributed by atoms with Gasteiger partial charge in [0.2, 0.25) is 0 Å². The number of benzene rings is 2. The van der Waals surface area contributed by atoms with E-state index in [0.717, 1.165) is 16.8 Å². The Balaban J connectivity index is 1.76. The SMILES string of the molecule is CSc1ccc(CN2Cc3ccccc3NC2=O)cc1. The topological polar surface area (TPSA) is 32.3 Å². The molecule has 2 aromatic carbocycles. The van der Waals surface area contributed by atoms with Crippen LogP contribution in [0.5, 0.6) is 0 Å². The summed E-state index contributed by atoms with van der Waals surface area (Å²) < 4.78 is 0. The summed E-state index contributed by atoms with van der Waals surface area (Å²) in [5, 5.41) is 2.94. The van der Waals surface area contributed by atoms with Crippen molar-refractivity contribution in [1.29, 1.82) is 0 Å². The van der Waals surface area contributed by atoms with Gasteiger partial charge in [-0.2, -0.15) is 0 Å². The molecule has 0 saturated heterocycles. The zero-order chi connectivity index (χ0) is 13.9. The molecule has 1 heterocycles. The van der Waals surface area contributed by atoms with E-state index in [1.807, 2.05) is 23.1 Å². The van der Waals surface area contributed by atoms with Crippen LogP contribution < -0.4 is 5.32 Å². The Labute approximate surface area is 123 Å². The molecule has 1 aliphatic heterocycles. The first-order valence-corrected chi connectivity index (χ1v) is 7.75. The fourth-order valence-electron chi connectivity index (χ4n) is 2.33. The van der Waals surface area contributed by atoms with Gasteiger partial charge in [0.05, 0.1) is 0 Å². The van der Waals surface area contributed by atoms with Crippen molar-refractivity contribution >= 4 is 23.5 Å². The number of hydrogen-bond donors (Lipinski definition) is 1. The Hall–Kier alpha value is -1.94. The number of rotatable bonds is 3. The van der Waals surface area contributed by atoms with E-state index in [2.05, 4.69) is 41.9 Å². The monoisotopic (exact) mass is 284 g/mol. The van der Waals surface area contributed by atoms with E-state index in [4.69, 9.17) is 0 Å². The zero-order valence-electron chi connectivity index (χ0n) is 11.3. The molecule has 2 aromatic rings. The molecular weight excluding hydrogens is 268 g/mol. The first-order valence-electron chi connectivity index (χ1n) is 6.53. The van der Waals surface area contributed by atoms with Gasteiger partial charge in [-0.3, -0.25) is 0 Å². The minimum absolute atomic E-state index is 0.0300. The third-order valence-electron chi connectivity index (χ3n) is 3.44. The van der Waals surface area contributed by atoms with Crippen LogP contribution in [0.2, 0.25) is 0 Å². The van der Waals surface area contributed by atoms with Crippen molar-refractivity contribution < 1.29 is 4.79 Å². The van der Waals surface area contributed by atoms with Crippen molar-refractivity contribution in [2.24, 2.45) is 0 Å². The maximum Gasteiger partial charge on any atom is 0.322 e. The van der Waals surface area contributed by atoms with E-state index in [1.165, 1.54) is 4.90 Å². The number of hydrogen-bond acceptors (Lipinski definition) is 2. The Morgan fingerprint density at radius 1 is 1.15 bits per heavy atom. The van der Waals surface area contributed by atoms with Crippen molar-refractivity contribution in [3.63, 3.8) is 0 Å². The maximum absolute atomic E-state index is 12.1. The number of fused-ring (bicyclic) bond motifs is 1. The van der Waals surface area contributed by atoms with Crippen LogP contribution >= 0.6 is 11.8 Å². The van der Waals surface area contributed by atoms with Crippen LogP contribution in [-0.2, 0) is 13.1 Å². The van der Waals surface area contributed by atoms with Crippen molar-refractivity contribution in [2.75, 3.05) is 11.6 Å². The van der Waals surface area contributed by atoms with Gasteiger partial charge in [0.1, 0.15) is 0 Å². The molecule has 0 bridgehead atoms. The lowest BCUT2D eigenvalue weighted by atomic mass is 10.1. The van der Waals surface area contributed by atoms with Gasteiger partial charge in [-0.25, -0.2) is 4.79 Å². The van der Waals surface area contributed by atoms with Crippen LogP contribution in [0.1, 0.15) is 11.1 Å². The summed E-state index contributed by atoms with van der Waals surface area (Å²) in [6.07, 6.45) is 2.06. The van der Waals surface area contributed by atoms with Gasteiger partial charge in [0.25, 0.3) is 0 Å². The minimum Gasteiger partial charge on any atom is -0.316 e. The smallest absolute Gasteiger partial charge is 0.316 e. The quantitative estimate of drug-likeness (QED) is 0.865. The molecule has 2 amide bonds. The highest BCUT2D eigenvalue weighted by Gasteiger charge is 2.21. The highest BCUT2D eigenvalue weighted by Crippen LogP contribution is 2.24. The number of amides is 2. The maximum atomic E-state index is 12.1. The third kappa shape index (κ3) is 2.65. The van der Waals surface area contributed by atoms with E-state index in [9.17, 15) is 4.79 Å². The molecule has 4 heteroatoms. The first-order chi connectivity index (χ1) is 9.76. The fraction of sp³-hybridized carbons (Fsp3) is 0.188. The van der Waals surface area contributed by atoms with E-state index in [1.54, 1.807) is 11.8 Å². The average Bonchev–Trinajstić information content (AvgIpc) is 2.49. The predicted octanol–water partition coefficient (Wildman–Crippen LogP) is 3.96. The number of thioether (sulfide) groups is 1. The Morgan fingerprint density at radius 2 is 1.90 bits per heavy atom. The lowest BCUT2D eigenvalue weighted by Crippen LogP contribution is -2.38. The van der Waals surface area contributed by atoms with Crippen LogP contribution in [0, 0.1) is 0 Å². The molecular formula is C16H16N2OS. The molecule has 20 heavy (non-hydrogen) atoms. The number of nitrogens with one attached hydrogen (secondary N) is 1. The molecule has 0 unspecified atom stereocenters. The predicted molar refractivity (Wildman–Crippen MR) is 82.9 cm³/mol. The lowest BCUT2D eigenvalue weighted by molar-refractivity contribution is 0.204. The summed E-state index contributed by atoms with van der Waals surface area (Å²) >= 11 is 1.72. The van der Waals surface area contributed by atoms with E-state index in [0.29, 0.717) is 13.1 Å². The standard InChI is InChI=1S/C16H16N2OS/c1-20-14-8-6-12(7-9-14)10-18-11-13-4-2-3-5-15(13)17-16(18)19/h2-9H,10-11H2,1H3,(H,17,19). The molecule has 0 atom stereocenters. The molecule has 0 spiro atoms. The third-order valence-corrected chi connectivity index (χ3v) is 4.18. The van der Waals surface area contributed by atoms with Crippen LogP contribution in [0.3, 0.4) is 0 Å². The van der Waals surface area contributed by atoms with Gasteiger partial charge in [-0.15, -0.1) is 11.8 Å². The molecule has 102 valence electrons. The second kappa shape index (κ2) is 5.59. The zero-order valence-corrected chi connectivity index (χ0v) is 12.1. The van der Waals surface area contributed by atoms with Crippen molar-refractivity contribution in [3.05, 3.63) is 59.7 Å². The van der Waals surface area contributed by atoms with E-state index >= 15 is 0 Å². The average molecular weight is 284 g/mol. The molecule has 0 radical (unpaired) electrons. The van der Waals surface area contributed by atoms with Crippen molar-refractivity contribution in [2.45, 2.75) is 18.0 Å². The summed E-state index contributed by atoms with van der Waals surface area (Å²) in [5.41, 5.74) is 3.23. The molecule has 0 aromatic heterocycles. The van der Waals surface area contributed by atoms with Gasteiger partial charge >= 0.3 is 6.03 Å². The molecule has 1 aliphatic rings. The second-order valence-corrected chi connectivity index (χ2v) is 5.67. The molecule has 0 saturated carbocycles. The molecule has 0 fully saturated rings. The lowest BCUT2D eigenvalue weighted by Gasteiger charge is -2.29. The Kier molecular flexibility index (Phi) is 3.65. The fourth-order valence-corrected chi connectivity index (χ4v) is 2.74. The van der Waals surface area contributed by atoms with Gasteiger partial charge in [-0.05, 0) is 35.6 Å². The number of carbonyl (C=O) groups excluding carboxylic acids is 1. The Bertz CT molecular complexity index is 625. The van der Waals surface area contributed by atoms with Crippen LogP contribution in [0.4, 0.5) is 10.5 Å². The van der Waals surface area contributed by atoms with Gasteiger partial charge in [0.15, 0.2) is 0 Å². The van der Waals surface area contributed by atoms with Crippen LogP contribution in [0.25, 0.3) is 0 Å². The summed E-state index contributed by atoms with van der Waals surface area (Å²) in [5.74, 6) is 0. The normalized spacial score (nSPS) is 13.8. The highest BCUT2D eigenvalue weighted by molar-refractivity contribution is 7.98. The highest BCUT2D eigenvalue weighted by atomic mass is 32.2. The van der Waals surface area contributed by atoms with Crippen LogP contribution in [-0.4, -0.2) is 17.2 Å².